The lowest BCUT2D eigenvalue weighted by molar-refractivity contribution is 0.586. The van der Waals surface area contributed by atoms with Crippen molar-refractivity contribution in [1.82, 2.24) is 0 Å². The second-order valence-corrected chi connectivity index (χ2v) is 4.37. The normalized spacial score (nSPS) is 21.3. The van der Waals surface area contributed by atoms with E-state index in [1.54, 1.807) is 11.1 Å². The van der Waals surface area contributed by atoms with Crippen molar-refractivity contribution in [1.29, 1.82) is 0 Å². The molecule has 1 aromatic rings. The molecule has 2 rings (SSSR count). The van der Waals surface area contributed by atoms with Crippen LogP contribution in [0.3, 0.4) is 0 Å². The third-order valence-electron chi connectivity index (χ3n) is 3.45. The number of aryl methyl sites for hydroxylation is 2. The van der Waals surface area contributed by atoms with Crippen LogP contribution < -0.4 is 0 Å². The van der Waals surface area contributed by atoms with E-state index in [0.29, 0.717) is 0 Å². The molecule has 0 heteroatoms. The molecule has 1 aromatic carbocycles. The second-order valence-electron chi connectivity index (χ2n) is 4.37. The van der Waals surface area contributed by atoms with Crippen LogP contribution in [0.25, 0.3) is 0 Å². The van der Waals surface area contributed by atoms with Crippen molar-refractivity contribution in [2.24, 2.45) is 0 Å². The minimum Gasteiger partial charge on any atom is -0.0588 e. The minimum atomic E-state index is 0.781. The molecule has 0 aromatic heterocycles. The van der Waals surface area contributed by atoms with Gasteiger partial charge in [0, 0.05) is 0 Å². The highest BCUT2D eigenvalue weighted by atomic mass is 14.2. The van der Waals surface area contributed by atoms with Gasteiger partial charge in [-0.2, -0.15) is 0 Å². The van der Waals surface area contributed by atoms with E-state index >= 15 is 0 Å². The standard InChI is InChI=1S/C13H18/c1-9-7-8-12-6-4-5-10(2)13(12)11(9)3/h7-8,10H,4-6H2,1-3H3. The van der Waals surface area contributed by atoms with Gasteiger partial charge in [-0.3, -0.25) is 0 Å². The van der Waals surface area contributed by atoms with E-state index < -0.39 is 0 Å². The molecule has 0 saturated carbocycles. The second kappa shape index (κ2) is 3.17. The zero-order valence-electron chi connectivity index (χ0n) is 8.85. The van der Waals surface area contributed by atoms with Crippen LogP contribution in [0.5, 0.6) is 0 Å². The molecule has 0 fully saturated rings. The van der Waals surface area contributed by atoms with Crippen LogP contribution >= 0.6 is 0 Å². The van der Waals surface area contributed by atoms with Crippen molar-refractivity contribution in [3.63, 3.8) is 0 Å². The number of hydrogen-bond acceptors (Lipinski definition) is 0. The Morgan fingerprint density at radius 1 is 1.23 bits per heavy atom. The first kappa shape index (κ1) is 8.80. The maximum Gasteiger partial charge on any atom is -0.0185 e. The van der Waals surface area contributed by atoms with Gasteiger partial charge in [-0.15, -0.1) is 0 Å². The summed E-state index contributed by atoms with van der Waals surface area (Å²) in [5.74, 6) is 0.781. The lowest BCUT2D eigenvalue weighted by Crippen LogP contribution is -2.09. The summed E-state index contributed by atoms with van der Waals surface area (Å²) in [6, 6.07) is 4.60. The SMILES string of the molecule is Cc1ccc2c(c1C)C(C)CCC2. The summed E-state index contributed by atoms with van der Waals surface area (Å²) in [6.45, 7) is 6.86. The van der Waals surface area contributed by atoms with Gasteiger partial charge in [0.1, 0.15) is 0 Å². The molecule has 0 heterocycles. The molecule has 0 radical (unpaired) electrons. The predicted octanol–water partition coefficient (Wildman–Crippen LogP) is 3.74. The Bertz CT molecular complexity index is 323. The fourth-order valence-electron chi connectivity index (χ4n) is 2.54. The van der Waals surface area contributed by atoms with Gasteiger partial charge in [-0.25, -0.2) is 0 Å². The molecule has 0 spiro atoms. The van der Waals surface area contributed by atoms with E-state index in [4.69, 9.17) is 0 Å². The largest absolute Gasteiger partial charge is 0.0588 e. The van der Waals surface area contributed by atoms with Gasteiger partial charge in [-0.1, -0.05) is 19.1 Å². The fraction of sp³-hybridized carbons (Fsp3) is 0.538. The Kier molecular flexibility index (Phi) is 2.15. The van der Waals surface area contributed by atoms with Crippen molar-refractivity contribution in [2.75, 3.05) is 0 Å². The fourth-order valence-corrected chi connectivity index (χ4v) is 2.54. The summed E-state index contributed by atoms with van der Waals surface area (Å²) in [4.78, 5) is 0. The van der Waals surface area contributed by atoms with Crippen molar-refractivity contribution in [3.8, 4) is 0 Å². The predicted molar refractivity (Wildman–Crippen MR) is 57.3 cm³/mol. The highest BCUT2D eigenvalue weighted by Gasteiger charge is 2.18. The summed E-state index contributed by atoms with van der Waals surface area (Å²) in [5, 5.41) is 0. The van der Waals surface area contributed by atoms with Crippen LogP contribution in [-0.4, -0.2) is 0 Å². The van der Waals surface area contributed by atoms with Crippen LogP contribution in [0.2, 0.25) is 0 Å². The van der Waals surface area contributed by atoms with Crippen LogP contribution in [0.15, 0.2) is 12.1 Å². The number of rotatable bonds is 0. The number of hydrogen-bond donors (Lipinski definition) is 0. The maximum atomic E-state index is 2.37. The van der Waals surface area contributed by atoms with Crippen molar-refractivity contribution in [2.45, 2.75) is 46.0 Å². The third kappa shape index (κ3) is 1.39. The van der Waals surface area contributed by atoms with E-state index in [0.717, 1.165) is 5.92 Å². The molecule has 0 N–H and O–H groups in total. The Balaban J connectivity index is 2.58. The van der Waals surface area contributed by atoms with Gasteiger partial charge in [-0.05, 0) is 61.3 Å². The van der Waals surface area contributed by atoms with Gasteiger partial charge >= 0.3 is 0 Å². The molecule has 1 aliphatic carbocycles. The Morgan fingerprint density at radius 2 is 2.00 bits per heavy atom. The molecule has 0 aliphatic heterocycles. The van der Waals surface area contributed by atoms with E-state index in [1.807, 2.05) is 0 Å². The van der Waals surface area contributed by atoms with Crippen LogP contribution in [0, 0.1) is 13.8 Å². The lowest BCUT2D eigenvalue weighted by atomic mass is 9.80. The van der Waals surface area contributed by atoms with E-state index in [2.05, 4.69) is 32.9 Å². The van der Waals surface area contributed by atoms with Crippen LogP contribution in [-0.2, 0) is 6.42 Å². The Hall–Kier alpha value is -0.780. The highest BCUT2D eigenvalue weighted by Crippen LogP contribution is 2.34. The summed E-state index contributed by atoms with van der Waals surface area (Å²) in [6.07, 6.45) is 4.04. The highest BCUT2D eigenvalue weighted by molar-refractivity contribution is 5.43. The number of benzene rings is 1. The molecule has 13 heavy (non-hydrogen) atoms. The first-order chi connectivity index (χ1) is 6.20. The molecular formula is C13H18. The van der Waals surface area contributed by atoms with Gasteiger partial charge in [0.05, 0.1) is 0 Å². The first-order valence-corrected chi connectivity index (χ1v) is 5.29. The topological polar surface area (TPSA) is 0 Å². The Labute approximate surface area is 81.0 Å². The molecule has 1 aliphatic rings. The Morgan fingerprint density at radius 3 is 2.77 bits per heavy atom. The smallest absolute Gasteiger partial charge is 0.0185 e. The lowest BCUT2D eigenvalue weighted by Gasteiger charge is -2.25. The summed E-state index contributed by atoms with van der Waals surface area (Å²) < 4.78 is 0. The zero-order chi connectivity index (χ0) is 9.42. The summed E-state index contributed by atoms with van der Waals surface area (Å²) >= 11 is 0. The van der Waals surface area contributed by atoms with E-state index in [1.165, 1.54) is 30.4 Å². The molecule has 0 saturated heterocycles. The molecule has 70 valence electrons. The van der Waals surface area contributed by atoms with E-state index in [9.17, 15) is 0 Å². The van der Waals surface area contributed by atoms with Crippen molar-refractivity contribution < 1.29 is 0 Å². The van der Waals surface area contributed by atoms with Gasteiger partial charge in [0.15, 0.2) is 0 Å². The zero-order valence-corrected chi connectivity index (χ0v) is 8.85. The minimum absolute atomic E-state index is 0.781. The monoisotopic (exact) mass is 174 g/mol. The van der Waals surface area contributed by atoms with Gasteiger partial charge < -0.3 is 0 Å². The van der Waals surface area contributed by atoms with Crippen LogP contribution in [0.1, 0.15) is 47.9 Å². The quantitative estimate of drug-likeness (QED) is 0.562. The molecule has 1 atom stereocenters. The number of fused-ring (bicyclic) bond motifs is 1. The van der Waals surface area contributed by atoms with Gasteiger partial charge in [0.25, 0.3) is 0 Å². The summed E-state index contributed by atoms with van der Waals surface area (Å²) in [7, 11) is 0. The van der Waals surface area contributed by atoms with Crippen molar-refractivity contribution in [3.05, 3.63) is 34.4 Å². The maximum absolute atomic E-state index is 2.37. The molecule has 0 amide bonds. The molecule has 0 bridgehead atoms. The molecule has 1 unspecified atom stereocenters. The molecule has 0 nitrogen and oxygen atoms in total. The van der Waals surface area contributed by atoms with Gasteiger partial charge in [0.2, 0.25) is 0 Å². The molecular weight excluding hydrogens is 156 g/mol. The average molecular weight is 174 g/mol. The van der Waals surface area contributed by atoms with Crippen LogP contribution in [0.4, 0.5) is 0 Å². The van der Waals surface area contributed by atoms with Crippen molar-refractivity contribution >= 4 is 0 Å². The summed E-state index contributed by atoms with van der Waals surface area (Å²) in [5.41, 5.74) is 6.23. The third-order valence-corrected chi connectivity index (χ3v) is 3.45. The first-order valence-electron chi connectivity index (χ1n) is 5.29. The average Bonchev–Trinajstić information content (AvgIpc) is 2.12. The van der Waals surface area contributed by atoms with E-state index in [-0.39, 0.29) is 0 Å².